The van der Waals surface area contributed by atoms with Gasteiger partial charge < -0.3 is 9.47 Å². The smallest absolute Gasteiger partial charge is 0.0594 e. The van der Waals surface area contributed by atoms with E-state index < -0.39 is 0 Å². The lowest BCUT2D eigenvalue weighted by molar-refractivity contribution is 0.0341. The second-order valence-corrected chi connectivity index (χ2v) is 12.2. The molecule has 37 heavy (non-hydrogen) atoms. The second kappa shape index (κ2) is 12.9. The Morgan fingerprint density at radius 2 is 1.14 bits per heavy atom. The molecule has 0 saturated carbocycles. The predicted octanol–water partition coefficient (Wildman–Crippen LogP) is 6.31. The van der Waals surface area contributed by atoms with Crippen LogP contribution in [-0.2, 0) is 34.4 Å². The van der Waals surface area contributed by atoms with Gasteiger partial charge in [0, 0.05) is 39.3 Å². The molecule has 0 radical (unpaired) electrons. The number of aryl methyl sites for hydroxylation is 1. The zero-order valence-corrected chi connectivity index (χ0v) is 24.1. The lowest BCUT2D eigenvalue weighted by Gasteiger charge is -2.49. The van der Waals surface area contributed by atoms with Gasteiger partial charge in [0.15, 0.2) is 0 Å². The first-order valence-corrected chi connectivity index (χ1v) is 14.6. The fourth-order valence-corrected chi connectivity index (χ4v) is 6.11. The van der Waals surface area contributed by atoms with Crippen LogP contribution in [0.2, 0.25) is 0 Å². The minimum atomic E-state index is 0.0897. The Balaban J connectivity index is 1.47. The average molecular weight is 507 g/mol. The van der Waals surface area contributed by atoms with E-state index in [4.69, 9.17) is 9.47 Å². The normalized spacial score (nSPS) is 20.5. The number of hydrogen-bond donors (Lipinski definition) is 0. The van der Waals surface area contributed by atoms with Crippen LogP contribution in [0.3, 0.4) is 0 Å². The fraction of sp³-hybridized carbons (Fsp3) is 0.636. The van der Waals surface area contributed by atoms with Crippen LogP contribution in [-0.4, -0.2) is 62.4 Å². The van der Waals surface area contributed by atoms with Gasteiger partial charge in [-0.3, -0.25) is 9.80 Å². The fourth-order valence-electron chi connectivity index (χ4n) is 6.11. The highest BCUT2D eigenvalue weighted by Gasteiger charge is 2.44. The summed E-state index contributed by atoms with van der Waals surface area (Å²) >= 11 is 0. The third-order valence-electron chi connectivity index (χ3n) is 9.81. The number of morpholine rings is 2. The van der Waals surface area contributed by atoms with Crippen molar-refractivity contribution in [2.45, 2.75) is 72.4 Å². The topological polar surface area (TPSA) is 24.9 Å². The van der Waals surface area contributed by atoms with Gasteiger partial charge in [-0.2, -0.15) is 0 Å². The molecule has 2 saturated heterocycles. The zero-order valence-electron chi connectivity index (χ0n) is 24.1. The van der Waals surface area contributed by atoms with Crippen LogP contribution in [0.25, 0.3) is 0 Å². The Labute approximate surface area is 226 Å². The summed E-state index contributed by atoms with van der Waals surface area (Å²) in [6.07, 6.45) is 3.45. The van der Waals surface area contributed by atoms with Crippen molar-refractivity contribution in [3.63, 3.8) is 0 Å². The standard InChI is InChI=1S/C33H50N2O2/c1-6-27(2)32(3,4)33(5,31-13-11-30(12-14-31)26-35-19-23-37-24-20-35)16-15-28-7-9-29(10-8-28)25-34-17-21-36-22-18-34/h7-14,27H,6,15-26H2,1-5H3. The molecule has 2 unspecified atom stereocenters. The van der Waals surface area contributed by atoms with E-state index in [2.05, 4.69) is 92.9 Å². The van der Waals surface area contributed by atoms with E-state index in [-0.39, 0.29) is 10.8 Å². The van der Waals surface area contributed by atoms with E-state index in [0.717, 1.165) is 78.5 Å². The highest BCUT2D eigenvalue weighted by atomic mass is 16.5. The molecule has 2 atom stereocenters. The van der Waals surface area contributed by atoms with Gasteiger partial charge in [-0.1, -0.05) is 89.6 Å². The van der Waals surface area contributed by atoms with Gasteiger partial charge >= 0.3 is 0 Å². The highest BCUT2D eigenvalue weighted by molar-refractivity contribution is 5.32. The summed E-state index contributed by atoms with van der Waals surface area (Å²) in [5.74, 6) is 0.640. The summed E-state index contributed by atoms with van der Waals surface area (Å²) in [5.41, 5.74) is 6.01. The molecule has 0 aromatic heterocycles. The Hall–Kier alpha value is -1.72. The van der Waals surface area contributed by atoms with Gasteiger partial charge in [0.1, 0.15) is 0 Å². The van der Waals surface area contributed by atoms with Gasteiger partial charge in [-0.25, -0.2) is 0 Å². The molecule has 2 aliphatic rings. The van der Waals surface area contributed by atoms with Crippen LogP contribution in [0.4, 0.5) is 0 Å². The Morgan fingerprint density at radius 1 is 0.703 bits per heavy atom. The second-order valence-electron chi connectivity index (χ2n) is 12.2. The minimum absolute atomic E-state index is 0.0897. The first-order chi connectivity index (χ1) is 17.8. The molecule has 0 bridgehead atoms. The monoisotopic (exact) mass is 506 g/mol. The van der Waals surface area contributed by atoms with E-state index in [9.17, 15) is 0 Å². The van der Waals surface area contributed by atoms with Gasteiger partial charge in [0.2, 0.25) is 0 Å². The molecule has 2 fully saturated rings. The quantitative estimate of drug-likeness (QED) is 0.356. The van der Waals surface area contributed by atoms with Crippen molar-refractivity contribution in [1.82, 2.24) is 9.80 Å². The summed E-state index contributed by atoms with van der Waals surface area (Å²) < 4.78 is 11.0. The van der Waals surface area contributed by atoms with Gasteiger partial charge in [-0.05, 0) is 51.8 Å². The molecule has 0 N–H and O–H groups in total. The number of ether oxygens (including phenoxy) is 2. The maximum Gasteiger partial charge on any atom is 0.0594 e. The SMILES string of the molecule is CCC(C)C(C)(C)C(C)(CCc1ccc(CN2CCOCC2)cc1)c1ccc(CN2CCOCC2)cc1. The third kappa shape index (κ3) is 7.03. The molecule has 0 amide bonds. The first-order valence-electron chi connectivity index (χ1n) is 14.6. The molecule has 4 heteroatoms. The van der Waals surface area contributed by atoms with Crippen LogP contribution in [0.5, 0.6) is 0 Å². The van der Waals surface area contributed by atoms with Crippen LogP contribution in [0.15, 0.2) is 48.5 Å². The van der Waals surface area contributed by atoms with Crippen molar-refractivity contribution in [2.24, 2.45) is 11.3 Å². The van der Waals surface area contributed by atoms with Crippen LogP contribution in [0.1, 0.15) is 69.7 Å². The van der Waals surface area contributed by atoms with E-state index in [1.54, 1.807) is 0 Å². The van der Waals surface area contributed by atoms with Crippen molar-refractivity contribution in [3.05, 3.63) is 70.8 Å². The first kappa shape index (κ1) is 28.3. The maximum atomic E-state index is 5.53. The van der Waals surface area contributed by atoms with Crippen LogP contribution < -0.4 is 0 Å². The lowest BCUT2D eigenvalue weighted by atomic mass is 9.55. The zero-order chi connectivity index (χ0) is 26.3. The Kier molecular flexibility index (Phi) is 9.85. The molecule has 0 spiro atoms. The van der Waals surface area contributed by atoms with Crippen molar-refractivity contribution in [1.29, 1.82) is 0 Å². The predicted molar refractivity (Wildman–Crippen MR) is 154 cm³/mol. The molecule has 2 aliphatic heterocycles. The number of benzene rings is 2. The van der Waals surface area contributed by atoms with Crippen molar-refractivity contribution in [3.8, 4) is 0 Å². The molecule has 4 rings (SSSR count). The summed E-state index contributed by atoms with van der Waals surface area (Å²) in [6.45, 7) is 21.9. The minimum Gasteiger partial charge on any atom is -0.379 e. The van der Waals surface area contributed by atoms with Crippen molar-refractivity contribution in [2.75, 3.05) is 52.6 Å². The Bertz CT molecular complexity index is 943. The third-order valence-corrected chi connectivity index (χ3v) is 9.81. The van der Waals surface area contributed by atoms with Crippen molar-refractivity contribution >= 4 is 0 Å². The highest BCUT2D eigenvalue weighted by Crippen LogP contribution is 2.50. The summed E-state index contributed by atoms with van der Waals surface area (Å²) in [7, 11) is 0. The maximum absolute atomic E-state index is 5.53. The Morgan fingerprint density at radius 3 is 1.59 bits per heavy atom. The van der Waals surface area contributed by atoms with E-state index in [1.165, 1.54) is 28.7 Å². The van der Waals surface area contributed by atoms with Gasteiger partial charge in [0.05, 0.1) is 26.4 Å². The van der Waals surface area contributed by atoms with Crippen LogP contribution in [0, 0.1) is 11.3 Å². The van der Waals surface area contributed by atoms with E-state index in [1.807, 2.05) is 0 Å². The lowest BCUT2D eigenvalue weighted by Crippen LogP contribution is -2.44. The largest absolute Gasteiger partial charge is 0.379 e. The molecule has 4 nitrogen and oxygen atoms in total. The van der Waals surface area contributed by atoms with Crippen molar-refractivity contribution < 1.29 is 9.47 Å². The van der Waals surface area contributed by atoms with Crippen LogP contribution >= 0.6 is 0 Å². The van der Waals surface area contributed by atoms with E-state index >= 15 is 0 Å². The number of rotatable bonds is 11. The van der Waals surface area contributed by atoms with Gasteiger partial charge in [-0.15, -0.1) is 0 Å². The van der Waals surface area contributed by atoms with E-state index in [0.29, 0.717) is 5.92 Å². The number of nitrogens with zero attached hydrogens (tertiary/aromatic N) is 2. The van der Waals surface area contributed by atoms with Gasteiger partial charge in [0.25, 0.3) is 0 Å². The summed E-state index contributed by atoms with van der Waals surface area (Å²) in [4.78, 5) is 5.00. The molecular formula is C33H50N2O2. The average Bonchev–Trinajstić information content (AvgIpc) is 2.93. The summed E-state index contributed by atoms with van der Waals surface area (Å²) in [5, 5.41) is 0. The molecular weight excluding hydrogens is 456 g/mol. The molecule has 2 heterocycles. The molecule has 0 aliphatic carbocycles. The number of hydrogen-bond acceptors (Lipinski definition) is 4. The molecule has 204 valence electrons. The molecule has 2 aromatic rings. The molecule has 2 aromatic carbocycles. The summed E-state index contributed by atoms with van der Waals surface area (Å²) in [6, 6.07) is 19.0.